The average Bonchev–Trinajstić information content (AvgIpc) is 2.74. The van der Waals surface area contributed by atoms with Crippen LogP contribution < -0.4 is 5.32 Å². The van der Waals surface area contributed by atoms with Gasteiger partial charge in [-0.2, -0.15) is 5.21 Å². The maximum absolute atomic E-state index is 12.5. The number of halogens is 1. The maximum Gasteiger partial charge on any atom is 0.233 e. The lowest BCUT2D eigenvalue weighted by Gasteiger charge is -2.01. The van der Waals surface area contributed by atoms with Crippen molar-refractivity contribution in [2.24, 2.45) is 0 Å². The second-order valence-electron chi connectivity index (χ2n) is 2.91. The molecule has 0 bridgehead atoms. The molecule has 2 aromatic rings. The number of tetrazole rings is 1. The number of pyridine rings is 1. The van der Waals surface area contributed by atoms with Crippen molar-refractivity contribution in [2.75, 3.05) is 5.32 Å². The van der Waals surface area contributed by atoms with Crippen LogP contribution in [0.1, 0.15) is 5.82 Å². The van der Waals surface area contributed by atoms with Crippen molar-refractivity contribution in [3.63, 3.8) is 0 Å². The van der Waals surface area contributed by atoms with Gasteiger partial charge in [0.15, 0.2) is 5.82 Å². The summed E-state index contributed by atoms with van der Waals surface area (Å²) in [5, 5.41) is 15.3. The highest BCUT2D eigenvalue weighted by atomic mass is 19.1. The SMILES string of the molecule is O=C(Cc1nn[nH]n1)Nc1ccc(F)cn1. The highest BCUT2D eigenvalue weighted by Gasteiger charge is 2.07. The predicted octanol–water partition coefficient (Wildman–Crippen LogP) is -0.0850. The van der Waals surface area contributed by atoms with Crippen LogP contribution in [0.4, 0.5) is 10.2 Å². The molecule has 2 heterocycles. The third-order valence-corrected chi connectivity index (χ3v) is 1.70. The van der Waals surface area contributed by atoms with E-state index in [1.807, 2.05) is 0 Å². The minimum atomic E-state index is -0.462. The van der Waals surface area contributed by atoms with Crippen molar-refractivity contribution < 1.29 is 9.18 Å². The summed E-state index contributed by atoms with van der Waals surface area (Å²) in [6.07, 6.45) is 1.000. The van der Waals surface area contributed by atoms with Gasteiger partial charge < -0.3 is 5.32 Å². The van der Waals surface area contributed by atoms with E-state index in [1.165, 1.54) is 12.1 Å². The van der Waals surface area contributed by atoms with Crippen LogP contribution in [0.3, 0.4) is 0 Å². The van der Waals surface area contributed by atoms with Gasteiger partial charge in [-0.25, -0.2) is 9.37 Å². The Labute approximate surface area is 89.1 Å². The number of aromatic amines is 1. The van der Waals surface area contributed by atoms with Crippen molar-refractivity contribution in [2.45, 2.75) is 6.42 Å². The Morgan fingerprint density at radius 3 is 3.00 bits per heavy atom. The highest BCUT2D eigenvalue weighted by molar-refractivity contribution is 5.90. The predicted molar refractivity (Wildman–Crippen MR) is 50.7 cm³/mol. The van der Waals surface area contributed by atoms with Crippen molar-refractivity contribution in [1.82, 2.24) is 25.6 Å². The number of nitrogens with zero attached hydrogens (tertiary/aromatic N) is 4. The molecular weight excluding hydrogens is 215 g/mol. The number of aromatic nitrogens is 5. The van der Waals surface area contributed by atoms with Gasteiger partial charge in [0.1, 0.15) is 11.6 Å². The fourth-order valence-corrected chi connectivity index (χ4v) is 1.04. The number of H-pyrrole nitrogens is 1. The van der Waals surface area contributed by atoms with E-state index in [1.54, 1.807) is 0 Å². The van der Waals surface area contributed by atoms with Crippen molar-refractivity contribution in [1.29, 1.82) is 0 Å². The van der Waals surface area contributed by atoms with Crippen LogP contribution in [0.15, 0.2) is 18.3 Å². The molecule has 16 heavy (non-hydrogen) atoms. The highest BCUT2D eigenvalue weighted by Crippen LogP contribution is 2.03. The minimum Gasteiger partial charge on any atom is -0.310 e. The molecule has 0 saturated carbocycles. The first-order valence-corrected chi connectivity index (χ1v) is 4.38. The lowest BCUT2D eigenvalue weighted by molar-refractivity contribution is -0.115. The van der Waals surface area contributed by atoms with Gasteiger partial charge in [0.05, 0.1) is 12.6 Å². The average molecular weight is 222 g/mol. The van der Waals surface area contributed by atoms with Crippen LogP contribution in [0, 0.1) is 5.82 Å². The largest absolute Gasteiger partial charge is 0.310 e. The molecule has 0 aliphatic heterocycles. The Hall–Kier alpha value is -2.38. The molecule has 2 rings (SSSR count). The third kappa shape index (κ3) is 2.56. The minimum absolute atomic E-state index is 0.0183. The molecule has 0 aliphatic rings. The van der Waals surface area contributed by atoms with Gasteiger partial charge in [0.2, 0.25) is 5.91 Å². The number of anilines is 1. The zero-order valence-corrected chi connectivity index (χ0v) is 8.01. The van der Waals surface area contributed by atoms with E-state index in [4.69, 9.17) is 0 Å². The quantitative estimate of drug-likeness (QED) is 0.756. The number of nitrogens with one attached hydrogen (secondary N) is 2. The molecule has 0 aliphatic carbocycles. The first kappa shape index (κ1) is 10.1. The first-order chi connectivity index (χ1) is 7.74. The van der Waals surface area contributed by atoms with Gasteiger partial charge in [-0.3, -0.25) is 4.79 Å². The van der Waals surface area contributed by atoms with Crippen LogP contribution in [0.2, 0.25) is 0 Å². The maximum atomic E-state index is 12.5. The van der Waals surface area contributed by atoms with Gasteiger partial charge in [0, 0.05) is 0 Å². The van der Waals surface area contributed by atoms with Crippen LogP contribution in [0.25, 0.3) is 0 Å². The molecule has 0 unspecified atom stereocenters. The molecule has 7 nitrogen and oxygen atoms in total. The second-order valence-corrected chi connectivity index (χ2v) is 2.91. The Morgan fingerprint density at radius 1 is 1.50 bits per heavy atom. The summed E-state index contributed by atoms with van der Waals surface area (Å²) in [4.78, 5) is 15.1. The Morgan fingerprint density at radius 2 is 2.38 bits per heavy atom. The van der Waals surface area contributed by atoms with E-state index in [2.05, 4.69) is 30.9 Å². The molecule has 0 saturated heterocycles. The molecule has 8 heteroatoms. The summed E-state index contributed by atoms with van der Waals surface area (Å²) in [6.45, 7) is 0. The van der Waals surface area contributed by atoms with Gasteiger partial charge in [-0.1, -0.05) is 5.21 Å². The summed E-state index contributed by atoms with van der Waals surface area (Å²) in [5.41, 5.74) is 0. The molecule has 0 atom stereocenters. The number of hydrogen-bond acceptors (Lipinski definition) is 5. The van der Waals surface area contributed by atoms with E-state index in [-0.39, 0.29) is 24.0 Å². The molecule has 82 valence electrons. The van der Waals surface area contributed by atoms with Crippen molar-refractivity contribution in [3.8, 4) is 0 Å². The molecule has 1 amide bonds. The summed E-state index contributed by atoms with van der Waals surface area (Å²) >= 11 is 0. The number of carbonyl (C=O) groups is 1. The molecular formula is C8H7FN6O. The van der Waals surface area contributed by atoms with E-state index in [9.17, 15) is 9.18 Å². The van der Waals surface area contributed by atoms with Gasteiger partial charge in [-0.05, 0) is 12.1 Å². The monoisotopic (exact) mass is 222 g/mol. The Bertz CT molecular complexity index is 468. The van der Waals surface area contributed by atoms with Gasteiger partial charge >= 0.3 is 0 Å². The smallest absolute Gasteiger partial charge is 0.233 e. The van der Waals surface area contributed by atoms with Gasteiger partial charge in [0.25, 0.3) is 0 Å². The van der Waals surface area contributed by atoms with E-state index >= 15 is 0 Å². The fraction of sp³-hybridized carbons (Fsp3) is 0.125. The fourth-order valence-electron chi connectivity index (χ4n) is 1.04. The molecule has 0 aromatic carbocycles. The zero-order chi connectivity index (χ0) is 11.4. The summed E-state index contributed by atoms with van der Waals surface area (Å²) < 4.78 is 12.5. The number of hydrogen-bond donors (Lipinski definition) is 2. The third-order valence-electron chi connectivity index (χ3n) is 1.70. The Balaban J connectivity index is 1.95. The number of rotatable bonds is 3. The molecule has 2 N–H and O–H groups in total. The molecule has 0 fully saturated rings. The van der Waals surface area contributed by atoms with E-state index < -0.39 is 5.82 Å². The molecule has 2 aromatic heterocycles. The topological polar surface area (TPSA) is 96.5 Å². The molecule has 0 radical (unpaired) electrons. The number of carbonyl (C=O) groups excluding carboxylic acids is 1. The summed E-state index contributed by atoms with van der Waals surface area (Å²) in [6, 6.07) is 2.57. The lowest BCUT2D eigenvalue weighted by Crippen LogP contribution is -2.16. The van der Waals surface area contributed by atoms with E-state index in [0.29, 0.717) is 0 Å². The van der Waals surface area contributed by atoms with Gasteiger partial charge in [-0.15, -0.1) is 10.2 Å². The van der Waals surface area contributed by atoms with Crippen molar-refractivity contribution in [3.05, 3.63) is 30.0 Å². The van der Waals surface area contributed by atoms with Crippen LogP contribution in [-0.4, -0.2) is 31.5 Å². The summed E-state index contributed by atoms with van der Waals surface area (Å²) in [7, 11) is 0. The second kappa shape index (κ2) is 4.43. The standard InChI is InChI=1S/C8H7FN6O/c9-5-1-2-6(10-4-5)11-8(16)3-7-12-14-15-13-7/h1-2,4H,3H2,(H,10,11,16)(H,12,13,14,15). The van der Waals surface area contributed by atoms with E-state index in [0.717, 1.165) is 6.20 Å². The Kier molecular flexibility index (Phi) is 2.81. The lowest BCUT2D eigenvalue weighted by atomic mass is 10.3. The normalized spacial score (nSPS) is 10.1. The van der Waals surface area contributed by atoms with Crippen LogP contribution in [0.5, 0.6) is 0 Å². The van der Waals surface area contributed by atoms with Crippen LogP contribution in [-0.2, 0) is 11.2 Å². The first-order valence-electron chi connectivity index (χ1n) is 4.38. The summed E-state index contributed by atoms with van der Waals surface area (Å²) in [5.74, 6) is -0.258. The van der Waals surface area contributed by atoms with Crippen LogP contribution >= 0.6 is 0 Å². The van der Waals surface area contributed by atoms with Crippen molar-refractivity contribution >= 4 is 11.7 Å². The number of amides is 1. The molecule has 0 spiro atoms. The zero-order valence-electron chi connectivity index (χ0n) is 8.01.